The number of hydrogen-bond donors (Lipinski definition) is 1. The maximum absolute atomic E-state index is 13.5. The maximum Gasteiger partial charge on any atom is 0.134 e. The first-order valence-corrected chi connectivity index (χ1v) is 7.18. The van der Waals surface area contributed by atoms with E-state index in [0.717, 1.165) is 30.0 Å². The van der Waals surface area contributed by atoms with Crippen molar-refractivity contribution in [2.45, 2.75) is 39.8 Å². The molecule has 0 saturated heterocycles. The lowest BCUT2D eigenvalue weighted by Gasteiger charge is -2.18. The van der Waals surface area contributed by atoms with Crippen LogP contribution in [-0.4, -0.2) is 11.7 Å². The van der Waals surface area contributed by atoms with Gasteiger partial charge in [-0.3, -0.25) is 0 Å². The number of nitrogens with one attached hydrogen (secondary N) is 1. The summed E-state index contributed by atoms with van der Waals surface area (Å²) in [4.78, 5) is 0. The van der Waals surface area contributed by atoms with Crippen LogP contribution < -0.4 is 10.1 Å². The Kier molecular flexibility index (Phi) is 5.33. The van der Waals surface area contributed by atoms with Gasteiger partial charge in [0.25, 0.3) is 0 Å². The number of aryl methyl sites for hydroxylation is 1. The van der Waals surface area contributed by atoms with Crippen molar-refractivity contribution in [1.29, 1.82) is 0 Å². The zero-order chi connectivity index (χ0) is 15.2. The van der Waals surface area contributed by atoms with Crippen LogP contribution >= 0.6 is 0 Å². The molecule has 0 spiro atoms. The average molecular weight is 292 g/mol. The van der Waals surface area contributed by atoms with Crippen LogP contribution in [0.1, 0.15) is 43.3 Å². The minimum Gasteiger partial charge on any atom is -0.487 e. The molecule has 2 rings (SSSR count). The Labute approximate surface area is 124 Å². The van der Waals surface area contributed by atoms with E-state index >= 15 is 0 Å². The third-order valence-electron chi connectivity index (χ3n) is 3.19. The van der Waals surface area contributed by atoms with Crippen molar-refractivity contribution >= 4 is 0 Å². The number of halogens is 1. The van der Waals surface area contributed by atoms with Gasteiger partial charge >= 0.3 is 0 Å². The van der Waals surface area contributed by atoms with Gasteiger partial charge in [0, 0.05) is 17.7 Å². The molecule has 0 saturated carbocycles. The van der Waals surface area contributed by atoms with Crippen LogP contribution in [0.4, 0.5) is 4.39 Å². The van der Waals surface area contributed by atoms with Gasteiger partial charge in [0.1, 0.15) is 29.6 Å². The molecule has 1 aromatic heterocycles. The van der Waals surface area contributed by atoms with Gasteiger partial charge < -0.3 is 14.6 Å². The van der Waals surface area contributed by atoms with E-state index in [1.807, 2.05) is 19.9 Å². The molecule has 0 aliphatic carbocycles. The second-order valence-corrected chi connectivity index (χ2v) is 5.08. The standard InChI is InChI=1S/C16H21FN2O2/c1-4-7-18-12(3)15-9-13(17)5-6-16(15)20-10-14-8-11(2)21-19-14/h5-6,8-9,12,18H,4,7,10H2,1-3H3. The van der Waals surface area contributed by atoms with E-state index in [2.05, 4.69) is 17.4 Å². The van der Waals surface area contributed by atoms with Crippen LogP contribution in [-0.2, 0) is 6.61 Å². The first kappa shape index (κ1) is 15.5. The summed E-state index contributed by atoms with van der Waals surface area (Å²) >= 11 is 0. The Balaban J connectivity index is 2.10. The van der Waals surface area contributed by atoms with Gasteiger partial charge in [0.15, 0.2) is 0 Å². The Morgan fingerprint density at radius 2 is 2.19 bits per heavy atom. The van der Waals surface area contributed by atoms with Crippen molar-refractivity contribution in [1.82, 2.24) is 10.5 Å². The molecule has 1 heterocycles. The monoisotopic (exact) mass is 292 g/mol. The van der Waals surface area contributed by atoms with E-state index in [9.17, 15) is 4.39 Å². The third-order valence-corrected chi connectivity index (χ3v) is 3.19. The second kappa shape index (κ2) is 7.22. The lowest BCUT2D eigenvalue weighted by Crippen LogP contribution is -2.20. The molecular weight excluding hydrogens is 271 g/mol. The summed E-state index contributed by atoms with van der Waals surface area (Å²) in [6.07, 6.45) is 1.02. The predicted octanol–water partition coefficient (Wildman–Crippen LogP) is 3.76. The molecule has 0 radical (unpaired) electrons. The Morgan fingerprint density at radius 3 is 2.86 bits per heavy atom. The van der Waals surface area contributed by atoms with E-state index < -0.39 is 0 Å². The molecule has 0 bridgehead atoms. The Morgan fingerprint density at radius 1 is 1.38 bits per heavy atom. The highest BCUT2D eigenvalue weighted by Gasteiger charge is 2.13. The molecule has 1 aromatic carbocycles. The van der Waals surface area contributed by atoms with Gasteiger partial charge in [-0.15, -0.1) is 0 Å². The highest BCUT2D eigenvalue weighted by Crippen LogP contribution is 2.27. The molecule has 0 aliphatic rings. The molecule has 2 aromatic rings. The fourth-order valence-corrected chi connectivity index (χ4v) is 2.10. The molecule has 5 heteroatoms. The number of aromatic nitrogens is 1. The molecule has 0 amide bonds. The lowest BCUT2D eigenvalue weighted by atomic mass is 10.1. The summed E-state index contributed by atoms with van der Waals surface area (Å²) in [5, 5.41) is 7.22. The van der Waals surface area contributed by atoms with Crippen LogP contribution in [0.2, 0.25) is 0 Å². The minimum atomic E-state index is -0.264. The number of hydrogen-bond acceptors (Lipinski definition) is 4. The number of rotatable bonds is 7. The smallest absolute Gasteiger partial charge is 0.134 e. The predicted molar refractivity (Wildman–Crippen MR) is 78.7 cm³/mol. The summed E-state index contributed by atoms with van der Waals surface area (Å²) < 4.78 is 24.2. The summed E-state index contributed by atoms with van der Waals surface area (Å²) in [6, 6.07) is 6.41. The van der Waals surface area contributed by atoms with E-state index in [1.165, 1.54) is 12.1 Å². The zero-order valence-electron chi connectivity index (χ0n) is 12.6. The third kappa shape index (κ3) is 4.29. The topological polar surface area (TPSA) is 47.3 Å². The molecule has 1 atom stereocenters. The van der Waals surface area contributed by atoms with Crippen molar-refractivity contribution in [2.75, 3.05) is 6.54 Å². The molecule has 1 N–H and O–H groups in total. The normalized spacial score (nSPS) is 12.4. The summed E-state index contributed by atoms with van der Waals surface area (Å²) in [5.74, 6) is 1.14. The SMILES string of the molecule is CCCNC(C)c1cc(F)ccc1OCc1cc(C)on1. The Bertz CT molecular complexity index is 583. The summed E-state index contributed by atoms with van der Waals surface area (Å²) in [7, 11) is 0. The number of nitrogens with zero attached hydrogens (tertiary/aromatic N) is 1. The van der Waals surface area contributed by atoms with Gasteiger partial charge in [-0.05, 0) is 45.0 Å². The lowest BCUT2D eigenvalue weighted by molar-refractivity contribution is 0.282. The van der Waals surface area contributed by atoms with Gasteiger partial charge in [-0.25, -0.2) is 4.39 Å². The number of ether oxygens (including phenoxy) is 1. The highest BCUT2D eigenvalue weighted by atomic mass is 19.1. The molecular formula is C16H21FN2O2. The van der Waals surface area contributed by atoms with Crippen molar-refractivity contribution in [2.24, 2.45) is 0 Å². The molecule has 0 aliphatic heterocycles. The van der Waals surface area contributed by atoms with Gasteiger partial charge in [-0.1, -0.05) is 12.1 Å². The van der Waals surface area contributed by atoms with E-state index in [-0.39, 0.29) is 11.9 Å². The van der Waals surface area contributed by atoms with Crippen molar-refractivity contribution in [3.05, 3.63) is 47.1 Å². The van der Waals surface area contributed by atoms with E-state index in [4.69, 9.17) is 9.26 Å². The van der Waals surface area contributed by atoms with Gasteiger partial charge in [0.05, 0.1) is 0 Å². The maximum atomic E-state index is 13.5. The molecule has 0 fully saturated rings. The minimum absolute atomic E-state index is 0.0229. The summed E-state index contributed by atoms with van der Waals surface area (Å²) in [6.45, 7) is 7.10. The van der Waals surface area contributed by atoms with Gasteiger partial charge in [0.2, 0.25) is 0 Å². The van der Waals surface area contributed by atoms with Crippen LogP contribution in [0.3, 0.4) is 0 Å². The molecule has 4 nitrogen and oxygen atoms in total. The molecule has 114 valence electrons. The number of benzene rings is 1. The first-order valence-electron chi connectivity index (χ1n) is 7.18. The zero-order valence-corrected chi connectivity index (χ0v) is 12.6. The highest BCUT2D eigenvalue weighted by molar-refractivity contribution is 5.36. The van der Waals surface area contributed by atoms with Gasteiger partial charge in [-0.2, -0.15) is 0 Å². The summed E-state index contributed by atoms with van der Waals surface area (Å²) in [5.41, 5.74) is 1.53. The van der Waals surface area contributed by atoms with Crippen molar-refractivity contribution < 1.29 is 13.7 Å². The quantitative estimate of drug-likeness (QED) is 0.844. The fraction of sp³-hybridized carbons (Fsp3) is 0.438. The average Bonchev–Trinajstić information content (AvgIpc) is 2.89. The van der Waals surface area contributed by atoms with Crippen LogP contribution in [0.25, 0.3) is 0 Å². The second-order valence-electron chi connectivity index (χ2n) is 5.08. The van der Waals surface area contributed by atoms with E-state index in [1.54, 1.807) is 6.07 Å². The fourth-order valence-electron chi connectivity index (χ4n) is 2.10. The van der Waals surface area contributed by atoms with Crippen molar-refractivity contribution in [3.63, 3.8) is 0 Å². The first-order chi connectivity index (χ1) is 10.1. The molecule has 21 heavy (non-hydrogen) atoms. The van der Waals surface area contributed by atoms with Crippen LogP contribution in [0.5, 0.6) is 5.75 Å². The van der Waals surface area contributed by atoms with Crippen LogP contribution in [0, 0.1) is 12.7 Å². The van der Waals surface area contributed by atoms with E-state index in [0.29, 0.717) is 12.4 Å². The van der Waals surface area contributed by atoms with Crippen LogP contribution in [0.15, 0.2) is 28.8 Å². The van der Waals surface area contributed by atoms with Crippen molar-refractivity contribution in [3.8, 4) is 5.75 Å². The molecule has 1 unspecified atom stereocenters. The largest absolute Gasteiger partial charge is 0.487 e. The Hall–Kier alpha value is -1.88.